The van der Waals surface area contributed by atoms with Gasteiger partial charge in [0.05, 0.1) is 6.54 Å². The second kappa shape index (κ2) is 6.20. The predicted octanol–water partition coefficient (Wildman–Crippen LogP) is 1.88. The summed E-state index contributed by atoms with van der Waals surface area (Å²) in [4.78, 5) is 6.62. The number of rotatable bonds is 4. The van der Waals surface area contributed by atoms with E-state index in [0.29, 0.717) is 24.2 Å². The van der Waals surface area contributed by atoms with Crippen molar-refractivity contribution in [2.45, 2.75) is 32.2 Å². The SMILES string of the molecule is Cc1ccc(-c2nnc(CN3CCC(c4ncn[nH]4)CC3)o2)n1C. The fourth-order valence-electron chi connectivity index (χ4n) is 3.22. The lowest BCUT2D eigenvalue weighted by molar-refractivity contribution is 0.185. The third kappa shape index (κ3) is 2.84. The largest absolute Gasteiger partial charge is 0.418 e. The molecular weight excluding hydrogens is 306 g/mol. The summed E-state index contributed by atoms with van der Waals surface area (Å²) in [6.45, 7) is 4.73. The normalized spacial score (nSPS) is 16.8. The Hall–Kier alpha value is -2.48. The first-order chi connectivity index (χ1) is 11.7. The molecule has 0 saturated carbocycles. The fraction of sp³-hybridized carbons (Fsp3) is 0.500. The molecule has 0 aliphatic carbocycles. The minimum absolute atomic E-state index is 0.466. The average molecular weight is 327 g/mol. The minimum atomic E-state index is 0.466. The van der Waals surface area contributed by atoms with Gasteiger partial charge in [-0.1, -0.05) is 0 Å². The molecule has 0 unspecified atom stereocenters. The number of aromatic amines is 1. The van der Waals surface area contributed by atoms with E-state index < -0.39 is 0 Å². The van der Waals surface area contributed by atoms with Crippen molar-refractivity contribution in [2.24, 2.45) is 7.05 Å². The lowest BCUT2D eigenvalue weighted by Crippen LogP contribution is -2.32. The van der Waals surface area contributed by atoms with Crippen molar-refractivity contribution >= 4 is 0 Å². The number of H-pyrrole nitrogens is 1. The number of nitrogens with one attached hydrogen (secondary N) is 1. The molecule has 3 aromatic rings. The summed E-state index contributed by atoms with van der Waals surface area (Å²) in [6.07, 6.45) is 3.70. The van der Waals surface area contributed by atoms with E-state index in [1.165, 1.54) is 5.69 Å². The van der Waals surface area contributed by atoms with Crippen molar-refractivity contribution in [3.8, 4) is 11.6 Å². The van der Waals surface area contributed by atoms with E-state index in [1.54, 1.807) is 6.33 Å². The van der Waals surface area contributed by atoms with Gasteiger partial charge in [-0.3, -0.25) is 10.00 Å². The molecular formula is C16H21N7O. The van der Waals surface area contributed by atoms with Gasteiger partial charge < -0.3 is 8.98 Å². The van der Waals surface area contributed by atoms with E-state index in [2.05, 4.69) is 41.8 Å². The van der Waals surface area contributed by atoms with Crippen molar-refractivity contribution in [2.75, 3.05) is 13.1 Å². The number of hydrogen-bond donors (Lipinski definition) is 1. The molecule has 1 aliphatic rings. The second-order valence-electron chi connectivity index (χ2n) is 6.34. The van der Waals surface area contributed by atoms with Crippen LogP contribution in [0.1, 0.15) is 36.2 Å². The average Bonchev–Trinajstić information content (AvgIpc) is 3.32. The Morgan fingerprint density at radius 3 is 2.75 bits per heavy atom. The zero-order valence-corrected chi connectivity index (χ0v) is 13.9. The van der Waals surface area contributed by atoms with Crippen LogP contribution in [-0.2, 0) is 13.6 Å². The second-order valence-corrected chi connectivity index (χ2v) is 6.34. The Balaban J connectivity index is 1.38. The maximum absolute atomic E-state index is 5.85. The third-order valence-corrected chi connectivity index (χ3v) is 4.83. The lowest BCUT2D eigenvalue weighted by Gasteiger charge is -2.29. The Labute approximate surface area is 139 Å². The highest BCUT2D eigenvalue weighted by Crippen LogP contribution is 2.26. The monoisotopic (exact) mass is 327 g/mol. The molecule has 0 amide bonds. The molecule has 4 heterocycles. The number of likely N-dealkylation sites (tertiary alicyclic amines) is 1. The van der Waals surface area contributed by atoms with Crippen LogP contribution in [0.3, 0.4) is 0 Å². The molecule has 0 aromatic carbocycles. The maximum atomic E-state index is 5.85. The molecule has 4 rings (SSSR count). The molecule has 0 bridgehead atoms. The van der Waals surface area contributed by atoms with E-state index >= 15 is 0 Å². The first kappa shape index (κ1) is 15.1. The molecule has 8 heteroatoms. The van der Waals surface area contributed by atoms with Crippen LogP contribution < -0.4 is 0 Å². The van der Waals surface area contributed by atoms with Gasteiger partial charge in [-0.05, 0) is 45.0 Å². The first-order valence-electron chi connectivity index (χ1n) is 8.23. The number of aryl methyl sites for hydroxylation is 1. The topological polar surface area (TPSA) is 88.7 Å². The van der Waals surface area contributed by atoms with Crippen LogP contribution in [0.5, 0.6) is 0 Å². The fourth-order valence-corrected chi connectivity index (χ4v) is 3.22. The van der Waals surface area contributed by atoms with Crippen molar-refractivity contribution in [1.29, 1.82) is 0 Å². The first-order valence-corrected chi connectivity index (χ1v) is 8.23. The van der Waals surface area contributed by atoms with E-state index in [0.717, 1.165) is 37.4 Å². The summed E-state index contributed by atoms with van der Waals surface area (Å²) in [5.74, 6) is 2.71. The van der Waals surface area contributed by atoms with E-state index in [1.807, 2.05) is 19.2 Å². The lowest BCUT2D eigenvalue weighted by atomic mass is 9.96. The molecule has 1 saturated heterocycles. The van der Waals surface area contributed by atoms with Crippen molar-refractivity contribution < 1.29 is 4.42 Å². The Morgan fingerprint density at radius 1 is 1.25 bits per heavy atom. The number of nitrogens with zero attached hydrogens (tertiary/aromatic N) is 6. The highest BCUT2D eigenvalue weighted by molar-refractivity contribution is 5.48. The number of aromatic nitrogens is 6. The van der Waals surface area contributed by atoms with E-state index in [-0.39, 0.29) is 0 Å². The van der Waals surface area contributed by atoms with Crippen LogP contribution in [0.2, 0.25) is 0 Å². The molecule has 126 valence electrons. The quantitative estimate of drug-likeness (QED) is 0.787. The Kier molecular flexibility index (Phi) is 3.89. The maximum Gasteiger partial charge on any atom is 0.264 e. The van der Waals surface area contributed by atoms with Crippen LogP contribution >= 0.6 is 0 Å². The van der Waals surface area contributed by atoms with Gasteiger partial charge in [-0.25, -0.2) is 4.98 Å². The summed E-state index contributed by atoms with van der Waals surface area (Å²) in [6, 6.07) is 4.06. The zero-order chi connectivity index (χ0) is 16.5. The standard InChI is InChI=1S/C16H21N7O/c1-11-3-4-13(22(11)2)16-21-19-14(24-16)9-23-7-5-12(6-8-23)15-17-10-18-20-15/h3-4,10,12H,5-9H2,1-2H3,(H,17,18,20). The van der Waals surface area contributed by atoms with Gasteiger partial charge in [0.25, 0.3) is 5.89 Å². The number of hydrogen-bond acceptors (Lipinski definition) is 6. The van der Waals surface area contributed by atoms with Gasteiger partial charge in [-0.15, -0.1) is 10.2 Å². The van der Waals surface area contributed by atoms with Crippen LogP contribution in [0.25, 0.3) is 11.6 Å². The molecule has 3 aromatic heterocycles. The summed E-state index contributed by atoms with van der Waals surface area (Å²) < 4.78 is 7.91. The number of piperidine rings is 1. The molecule has 1 N–H and O–H groups in total. The highest BCUT2D eigenvalue weighted by Gasteiger charge is 2.24. The Bertz CT molecular complexity index is 796. The molecule has 0 atom stereocenters. The molecule has 1 fully saturated rings. The molecule has 8 nitrogen and oxygen atoms in total. The van der Waals surface area contributed by atoms with Crippen LogP contribution in [0.15, 0.2) is 22.9 Å². The summed E-state index contributed by atoms with van der Waals surface area (Å²) in [5, 5.41) is 15.3. The van der Waals surface area contributed by atoms with Gasteiger partial charge in [0.2, 0.25) is 5.89 Å². The zero-order valence-electron chi connectivity index (χ0n) is 13.9. The van der Waals surface area contributed by atoms with Crippen LogP contribution in [0.4, 0.5) is 0 Å². The molecule has 0 radical (unpaired) electrons. The van der Waals surface area contributed by atoms with Crippen LogP contribution in [-0.4, -0.2) is 47.9 Å². The van der Waals surface area contributed by atoms with Gasteiger partial charge >= 0.3 is 0 Å². The van der Waals surface area contributed by atoms with E-state index in [4.69, 9.17) is 4.42 Å². The van der Waals surface area contributed by atoms with Crippen molar-refractivity contribution in [3.05, 3.63) is 35.9 Å². The summed E-state index contributed by atoms with van der Waals surface area (Å²) in [7, 11) is 2.00. The molecule has 1 aliphatic heterocycles. The third-order valence-electron chi connectivity index (χ3n) is 4.83. The van der Waals surface area contributed by atoms with Gasteiger partial charge in [0, 0.05) is 18.7 Å². The smallest absolute Gasteiger partial charge is 0.264 e. The molecule has 0 spiro atoms. The van der Waals surface area contributed by atoms with Gasteiger partial charge in [0.1, 0.15) is 17.8 Å². The summed E-state index contributed by atoms with van der Waals surface area (Å²) in [5.41, 5.74) is 2.12. The molecule has 24 heavy (non-hydrogen) atoms. The van der Waals surface area contributed by atoms with Crippen molar-refractivity contribution in [1.82, 2.24) is 34.8 Å². The minimum Gasteiger partial charge on any atom is -0.418 e. The van der Waals surface area contributed by atoms with E-state index in [9.17, 15) is 0 Å². The van der Waals surface area contributed by atoms with Gasteiger partial charge in [0.15, 0.2) is 0 Å². The van der Waals surface area contributed by atoms with Crippen molar-refractivity contribution in [3.63, 3.8) is 0 Å². The highest BCUT2D eigenvalue weighted by atomic mass is 16.4. The predicted molar refractivity (Wildman–Crippen MR) is 87.1 cm³/mol. The Morgan fingerprint density at radius 2 is 2.08 bits per heavy atom. The summed E-state index contributed by atoms with van der Waals surface area (Å²) >= 11 is 0. The van der Waals surface area contributed by atoms with Gasteiger partial charge in [-0.2, -0.15) is 5.10 Å². The van der Waals surface area contributed by atoms with Crippen LogP contribution in [0, 0.1) is 6.92 Å².